The molecular formula is C31H54O7. The van der Waals surface area contributed by atoms with Gasteiger partial charge >= 0.3 is 0 Å². The molecular weight excluding hydrogens is 484 g/mol. The number of carbonyl (C=O) groups excluding carboxylic acids is 1. The van der Waals surface area contributed by atoms with Gasteiger partial charge < -0.3 is 20.4 Å². The van der Waals surface area contributed by atoms with Gasteiger partial charge in [-0.15, -0.1) is 0 Å². The first kappa shape index (κ1) is 32.7. The molecule has 0 saturated heterocycles. The van der Waals surface area contributed by atoms with Crippen LogP contribution in [0.4, 0.5) is 0 Å². The van der Waals surface area contributed by atoms with Crippen LogP contribution in [0.2, 0.25) is 0 Å². The Balaban J connectivity index is 0.000000559. The van der Waals surface area contributed by atoms with Crippen LogP contribution in [-0.2, 0) is 14.4 Å². The molecule has 0 aliphatic heterocycles. The number of hydrogen-bond acceptors (Lipinski definition) is 5. The molecule has 0 heterocycles. The zero-order chi connectivity index (χ0) is 29.0. The highest BCUT2D eigenvalue weighted by Gasteiger charge is 2.62. The summed E-state index contributed by atoms with van der Waals surface area (Å²) in [5, 5.41) is 36.2. The Morgan fingerprint density at radius 2 is 1.32 bits per heavy atom. The van der Waals surface area contributed by atoms with Gasteiger partial charge in [-0.3, -0.25) is 14.4 Å². The van der Waals surface area contributed by atoms with Crippen molar-refractivity contribution >= 4 is 17.7 Å². The van der Waals surface area contributed by atoms with Crippen molar-refractivity contribution in [3.8, 4) is 0 Å². The van der Waals surface area contributed by atoms with E-state index in [1.807, 2.05) is 13.8 Å². The van der Waals surface area contributed by atoms with E-state index in [-0.39, 0.29) is 29.5 Å². The summed E-state index contributed by atoms with van der Waals surface area (Å²) in [5.74, 6) is 2.61. The Kier molecular flexibility index (Phi) is 11.4. The molecule has 4 fully saturated rings. The van der Waals surface area contributed by atoms with Gasteiger partial charge in [0, 0.05) is 26.2 Å². The molecule has 4 aliphatic carbocycles. The maximum atomic E-state index is 12.2. The molecule has 0 unspecified atom stereocenters. The van der Waals surface area contributed by atoms with E-state index in [0.717, 1.165) is 64.2 Å². The summed E-state index contributed by atoms with van der Waals surface area (Å²) in [6.07, 6.45) is 10.3. The Bertz CT molecular complexity index is 805. The fourth-order valence-corrected chi connectivity index (χ4v) is 9.11. The summed E-state index contributed by atoms with van der Waals surface area (Å²) >= 11 is 0. The zero-order valence-electron chi connectivity index (χ0n) is 24.8. The third kappa shape index (κ3) is 7.38. The van der Waals surface area contributed by atoms with Crippen LogP contribution in [0.5, 0.6) is 0 Å². The van der Waals surface area contributed by atoms with Crippen LogP contribution >= 0.6 is 0 Å². The molecule has 220 valence electrons. The number of Topliss-reactive ketones (excluding diaryl/α,β-unsaturated/α-hetero) is 1. The topological polar surface area (TPSA) is 132 Å². The molecule has 4 N–H and O–H groups in total. The van der Waals surface area contributed by atoms with Gasteiger partial charge in [0.2, 0.25) is 0 Å². The van der Waals surface area contributed by atoms with E-state index >= 15 is 0 Å². The van der Waals surface area contributed by atoms with Crippen LogP contribution in [0.3, 0.4) is 0 Å². The first-order valence-electron chi connectivity index (χ1n) is 14.8. The standard InChI is InChI=1S/C27H46O3.2C2H4O2/c1-16(2)24(29)9-6-17(3)20-7-8-21-19-15-25(30)23-14-18(28)10-12-27(23,5)22(19)11-13-26(20,21)4;2*1-2(3)4/h16-23,25,28,30H,6-15H2,1-5H3;2*1H3,(H,3,4)/t17-,18-,19+,20-,21+,22+,23+,25+,26-,27-;;/m1../s1. The van der Waals surface area contributed by atoms with Crippen molar-refractivity contribution in [2.24, 2.45) is 52.3 Å². The highest BCUT2D eigenvalue weighted by atomic mass is 16.4. The summed E-state index contributed by atoms with van der Waals surface area (Å²) < 4.78 is 0. The summed E-state index contributed by atoms with van der Waals surface area (Å²) in [6.45, 7) is 13.6. The minimum absolute atomic E-state index is 0.158. The van der Waals surface area contributed by atoms with Crippen LogP contribution in [0.15, 0.2) is 0 Å². The average Bonchev–Trinajstić information content (AvgIpc) is 3.15. The predicted octanol–water partition coefficient (Wildman–Crippen LogP) is 5.80. The van der Waals surface area contributed by atoms with E-state index in [4.69, 9.17) is 19.8 Å². The smallest absolute Gasteiger partial charge is 0.300 e. The highest BCUT2D eigenvalue weighted by molar-refractivity contribution is 5.80. The molecule has 10 atom stereocenters. The zero-order valence-corrected chi connectivity index (χ0v) is 24.8. The summed E-state index contributed by atoms with van der Waals surface area (Å²) in [7, 11) is 0. The average molecular weight is 539 g/mol. The first-order chi connectivity index (χ1) is 17.5. The van der Waals surface area contributed by atoms with Gasteiger partial charge in [0.25, 0.3) is 11.9 Å². The number of fused-ring (bicyclic) bond motifs is 5. The molecule has 0 amide bonds. The second-order valence-corrected chi connectivity index (χ2v) is 13.6. The van der Waals surface area contributed by atoms with E-state index in [2.05, 4.69) is 20.8 Å². The van der Waals surface area contributed by atoms with Crippen molar-refractivity contribution < 1.29 is 34.8 Å². The molecule has 4 rings (SSSR count). The molecule has 0 aromatic heterocycles. The normalized spacial score (nSPS) is 40.2. The van der Waals surface area contributed by atoms with Gasteiger partial charge in [0.15, 0.2) is 0 Å². The second kappa shape index (κ2) is 13.3. The van der Waals surface area contributed by atoms with E-state index in [9.17, 15) is 15.0 Å². The van der Waals surface area contributed by atoms with Gasteiger partial charge in [-0.25, -0.2) is 0 Å². The van der Waals surface area contributed by atoms with Gasteiger partial charge in [-0.05, 0) is 104 Å². The van der Waals surface area contributed by atoms with E-state index in [1.54, 1.807) is 0 Å². The predicted molar refractivity (Wildman–Crippen MR) is 147 cm³/mol. The lowest BCUT2D eigenvalue weighted by molar-refractivity contribution is -0.172. The van der Waals surface area contributed by atoms with E-state index in [1.165, 1.54) is 25.7 Å². The van der Waals surface area contributed by atoms with Crippen LogP contribution < -0.4 is 0 Å². The van der Waals surface area contributed by atoms with E-state index < -0.39 is 11.9 Å². The molecule has 7 heteroatoms. The van der Waals surface area contributed by atoms with Gasteiger partial charge in [0.1, 0.15) is 5.78 Å². The molecule has 0 bridgehead atoms. The molecule has 4 saturated carbocycles. The Hall–Kier alpha value is -1.47. The monoisotopic (exact) mass is 538 g/mol. The molecule has 0 spiro atoms. The molecule has 0 radical (unpaired) electrons. The van der Waals surface area contributed by atoms with E-state index in [0.29, 0.717) is 29.0 Å². The largest absolute Gasteiger partial charge is 0.481 e. The van der Waals surface area contributed by atoms with Crippen LogP contribution in [0, 0.1) is 52.3 Å². The highest BCUT2D eigenvalue weighted by Crippen LogP contribution is 2.68. The number of hydrogen-bond donors (Lipinski definition) is 4. The summed E-state index contributed by atoms with van der Waals surface area (Å²) in [5.41, 5.74) is 0.578. The lowest BCUT2D eigenvalue weighted by atomic mass is 9.44. The molecule has 38 heavy (non-hydrogen) atoms. The lowest BCUT2D eigenvalue weighted by Crippen LogP contribution is -2.58. The number of carboxylic acid groups (broad SMARTS) is 2. The minimum Gasteiger partial charge on any atom is -0.481 e. The summed E-state index contributed by atoms with van der Waals surface area (Å²) in [4.78, 5) is 30.2. The van der Waals surface area contributed by atoms with Crippen molar-refractivity contribution in [1.29, 1.82) is 0 Å². The Labute approximate surface area is 229 Å². The quantitative estimate of drug-likeness (QED) is 0.348. The SMILES string of the molecule is CC(=O)O.CC(=O)O.CC(C)C(=O)CC[C@@H](C)[C@H]1CC[C@H]2[C@@H]3C[C@H](O)[C@@H]4C[C@H](O)CC[C@]4(C)[C@H]3CC[C@]12C. The fourth-order valence-electron chi connectivity index (χ4n) is 9.11. The first-order valence-corrected chi connectivity index (χ1v) is 14.8. The Morgan fingerprint density at radius 3 is 1.87 bits per heavy atom. The molecule has 0 aromatic carbocycles. The number of carboxylic acids is 2. The van der Waals surface area contributed by atoms with Crippen molar-refractivity contribution in [1.82, 2.24) is 0 Å². The number of aliphatic hydroxyl groups is 2. The van der Waals surface area contributed by atoms with Crippen molar-refractivity contribution in [2.75, 3.05) is 0 Å². The molecule has 4 aliphatic rings. The van der Waals surface area contributed by atoms with Crippen molar-refractivity contribution in [3.63, 3.8) is 0 Å². The minimum atomic E-state index is -0.833. The number of aliphatic carboxylic acids is 2. The number of rotatable bonds is 5. The third-order valence-electron chi connectivity index (χ3n) is 10.9. The van der Waals surface area contributed by atoms with Gasteiger partial charge in [0.05, 0.1) is 12.2 Å². The molecule has 7 nitrogen and oxygen atoms in total. The maximum Gasteiger partial charge on any atom is 0.300 e. The van der Waals surface area contributed by atoms with Crippen LogP contribution in [-0.4, -0.2) is 50.4 Å². The maximum absolute atomic E-state index is 12.2. The molecule has 0 aromatic rings. The third-order valence-corrected chi connectivity index (χ3v) is 10.9. The van der Waals surface area contributed by atoms with Gasteiger partial charge in [-0.1, -0.05) is 34.6 Å². The number of aliphatic hydroxyl groups excluding tert-OH is 2. The fraction of sp³-hybridized carbons (Fsp3) is 0.903. The number of carbonyl (C=O) groups is 3. The number of ketones is 1. The lowest BCUT2D eigenvalue weighted by Gasteiger charge is -2.62. The van der Waals surface area contributed by atoms with Crippen LogP contribution in [0.25, 0.3) is 0 Å². The van der Waals surface area contributed by atoms with Gasteiger partial charge in [-0.2, -0.15) is 0 Å². The second-order valence-electron chi connectivity index (χ2n) is 13.6. The Morgan fingerprint density at radius 1 is 0.789 bits per heavy atom. The van der Waals surface area contributed by atoms with Crippen LogP contribution in [0.1, 0.15) is 113 Å². The van der Waals surface area contributed by atoms with Crippen molar-refractivity contribution in [3.05, 3.63) is 0 Å². The van der Waals surface area contributed by atoms with Crippen molar-refractivity contribution in [2.45, 2.75) is 125 Å². The summed E-state index contributed by atoms with van der Waals surface area (Å²) in [6, 6.07) is 0.